The van der Waals surface area contributed by atoms with Crippen molar-refractivity contribution in [1.82, 2.24) is 15.1 Å². The minimum atomic E-state index is 0.0482. The van der Waals surface area contributed by atoms with E-state index in [1.165, 1.54) is 49.7 Å². The molecule has 29 heavy (non-hydrogen) atoms. The van der Waals surface area contributed by atoms with Gasteiger partial charge in [0.25, 0.3) is 0 Å². The van der Waals surface area contributed by atoms with Crippen molar-refractivity contribution in [1.29, 1.82) is 0 Å². The number of rotatable bonds is 4. The number of aryl methyl sites for hydroxylation is 1. The highest BCUT2D eigenvalue weighted by atomic mass is 15.9. The molecule has 3 nitrogen and oxygen atoms in total. The molecule has 2 aromatic carbocycles. The van der Waals surface area contributed by atoms with Crippen LogP contribution in [-0.4, -0.2) is 41.3 Å². The molecule has 0 amide bonds. The molecule has 2 aliphatic heterocycles. The molecule has 0 aliphatic carbocycles. The summed E-state index contributed by atoms with van der Waals surface area (Å²) >= 11 is 0. The first-order valence-electron chi connectivity index (χ1n) is 11.2. The molecular weight excluding hydrogens is 354 g/mol. The molecule has 1 atom stereocenters. The maximum Gasteiger partial charge on any atom is 0.126 e. The molecule has 0 saturated carbocycles. The van der Waals surface area contributed by atoms with Gasteiger partial charge in [0.15, 0.2) is 0 Å². The topological polar surface area (TPSA) is 9.72 Å². The standard InChI is InChI=1S/C26H33N3/c1-23-13-16-25(17-14-23)26(18-15-24-11-5-2-6-12-24)29(27-19-7-3-8-20-27)28-21-9-4-10-22-28/h2,5-6,11-14,16-17,26H,3-4,7-10,19-22H2,1H3. The van der Waals surface area contributed by atoms with Gasteiger partial charge in [0.05, 0.1) is 0 Å². The lowest BCUT2D eigenvalue weighted by Crippen LogP contribution is -2.57. The van der Waals surface area contributed by atoms with E-state index in [2.05, 4.69) is 88.5 Å². The second-order valence-corrected chi connectivity index (χ2v) is 8.30. The molecule has 3 heteroatoms. The van der Waals surface area contributed by atoms with Gasteiger partial charge in [-0.25, -0.2) is 10.0 Å². The molecule has 2 heterocycles. The second-order valence-electron chi connectivity index (χ2n) is 8.30. The van der Waals surface area contributed by atoms with Gasteiger partial charge in [-0.05, 0) is 50.3 Å². The summed E-state index contributed by atoms with van der Waals surface area (Å²) in [4.78, 5) is 0. The normalized spacial score (nSPS) is 19.5. The van der Waals surface area contributed by atoms with Crippen molar-refractivity contribution in [2.24, 2.45) is 0 Å². The number of piperidine rings is 2. The summed E-state index contributed by atoms with van der Waals surface area (Å²) in [7, 11) is 0. The van der Waals surface area contributed by atoms with Crippen molar-refractivity contribution < 1.29 is 0 Å². The highest BCUT2D eigenvalue weighted by Gasteiger charge is 2.31. The van der Waals surface area contributed by atoms with Gasteiger partial charge in [-0.3, -0.25) is 0 Å². The molecule has 2 fully saturated rings. The summed E-state index contributed by atoms with van der Waals surface area (Å²) in [5.41, 5.74) is 3.67. The number of benzene rings is 2. The quantitative estimate of drug-likeness (QED) is 0.668. The summed E-state index contributed by atoms with van der Waals surface area (Å²) < 4.78 is 0. The van der Waals surface area contributed by atoms with E-state index in [4.69, 9.17) is 0 Å². The molecule has 2 aromatic rings. The van der Waals surface area contributed by atoms with Crippen LogP contribution in [0.15, 0.2) is 54.6 Å². The summed E-state index contributed by atoms with van der Waals surface area (Å²) in [6.45, 7) is 6.68. The molecule has 4 rings (SSSR count). The third-order valence-corrected chi connectivity index (χ3v) is 6.00. The number of hydrazine groups is 2. The highest BCUT2D eigenvalue weighted by Crippen LogP contribution is 2.29. The molecule has 152 valence electrons. The summed E-state index contributed by atoms with van der Waals surface area (Å²) in [5, 5.41) is 7.66. The Balaban J connectivity index is 1.72. The molecule has 0 bridgehead atoms. The lowest BCUT2D eigenvalue weighted by molar-refractivity contribution is -0.214. The van der Waals surface area contributed by atoms with Crippen molar-refractivity contribution in [2.45, 2.75) is 51.5 Å². The Morgan fingerprint density at radius 1 is 0.724 bits per heavy atom. The van der Waals surface area contributed by atoms with Gasteiger partial charge >= 0.3 is 0 Å². The Labute approximate surface area is 176 Å². The van der Waals surface area contributed by atoms with Crippen molar-refractivity contribution in [3.8, 4) is 11.8 Å². The lowest BCUT2D eigenvalue weighted by atomic mass is 10.0. The van der Waals surface area contributed by atoms with Crippen LogP contribution in [0, 0.1) is 18.8 Å². The largest absolute Gasteiger partial charge is 0.226 e. The maximum absolute atomic E-state index is 3.66. The van der Waals surface area contributed by atoms with Crippen molar-refractivity contribution in [2.75, 3.05) is 26.2 Å². The predicted molar refractivity (Wildman–Crippen MR) is 120 cm³/mol. The van der Waals surface area contributed by atoms with E-state index in [9.17, 15) is 0 Å². The smallest absolute Gasteiger partial charge is 0.126 e. The maximum atomic E-state index is 3.66. The minimum absolute atomic E-state index is 0.0482. The van der Waals surface area contributed by atoms with E-state index >= 15 is 0 Å². The monoisotopic (exact) mass is 387 g/mol. The van der Waals surface area contributed by atoms with Gasteiger partial charge in [0.2, 0.25) is 0 Å². The van der Waals surface area contributed by atoms with E-state index in [1.54, 1.807) is 0 Å². The molecule has 2 aliphatic rings. The zero-order valence-electron chi connectivity index (χ0n) is 17.7. The first kappa shape index (κ1) is 20.2. The fourth-order valence-corrected chi connectivity index (χ4v) is 4.37. The van der Waals surface area contributed by atoms with Gasteiger partial charge in [-0.1, -0.05) is 72.7 Å². The van der Waals surface area contributed by atoms with Crippen LogP contribution in [0.5, 0.6) is 0 Å². The van der Waals surface area contributed by atoms with Crippen LogP contribution in [0.1, 0.15) is 61.3 Å². The third-order valence-electron chi connectivity index (χ3n) is 6.00. The summed E-state index contributed by atoms with van der Waals surface area (Å²) in [6, 6.07) is 19.4. The molecule has 0 spiro atoms. The van der Waals surface area contributed by atoms with Gasteiger partial charge in [0, 0.05) is 31.7 Å². The fraction of sp³-hybridized carbons (Fsp3) is 0.462. The van der Waals surface area contributed by atoms with E-state index in [-0.39, 0.29) is 6.04 Å². The Hall–Kier alpha value is -2.12. The number of hydrogen-bond donors (Lipinski definition) is 0. The predicted octanol–water partition coefficient (Wildman–Crippen LogP) is 5.19. The van der Waals surface area contributed by atoms with Crippen LogP contribution in [-0.2, 0) is 0 Å². The Morgan fingerprint density at radius 3 is 1.83 bits per heavy atom. The van der Waals surface area contributed by atoms with Gasteiger partial charge in [-0.2, -0.15) is 5.12 Å². The van der Waals surface area contributed by atoms with E-state index in [0.29, 0.717) is 0 Å². The molecule has 1 unspecified atom stereocenters. The minimum Gasteiger partial charge on any atom is -0.226 e. The molecule has 0 N–H and O–H groups in total. The Bertz CT molecular complexity index is 789. The zero-order valence-corrected chi connectivity index (χ0v) is 17.7. The van der Waals surface area contributed by atoms with Gasteiger partial charge in [-0.15, -0.1) is 0 Å². The summed E-state index contributed by atoms with van der Waals surface area (Å²) in [6.07, 6.45) is 7.78. The van der Waals surface area contributed by atoms with Crippen molar-refractivity contribution >= 4 is 0 Å². The Kier molecular flexibility index (Phi) is 7.00. The van der Waals surface area contributed by atoms with Crippen LogP contribution in [0.25, 0.3) is 0 Å². The van der Waals surface area contributed by atoms with Crippen molar-refractivity contribution in [3.05, 3.63) is 71.3 Å². The lowest BCUT2D eigenvalue weighted by Gasteiger charge is -2.47. The van der Waals surface area contributed by atoms with Crippen LogP contribution in [0.4, 0.5) is 0 Å². The van der Waals surface area contributed by atoms with E-state index in [0.717, 1.165) is 31.7 Å². The van der Waals surface area contributed by atoms with Crippen LogP contribution < -0.4 is 0 Å². The Morgan fingerprint density at radius 2 is 1.28 bits per heavy atom. The van der Waals surface area contributed by atoms with Crippen LogP contribution in [0.2, 0.25) is 0 Å². The van der Waals surface area contributed by atoms with E-state index in [1.807, 2.05) is 0 Å². The molecule has 0 aromatic heterocycles. The van der Waals surface area contributed by atoms with E-state index < -0.39 is 0 Å². The average molecular weight is 388 g/mol. The highest BCUT2D eigenvalue weighted by molar-refractivity contribution is 5.38. The molecule has 2 saturated heterocycles. The molecule has 0 radical (unpaired) electrons. The van der Waals surface area contributed by atoms with Gasteiger partial charge in [0.1, 0.15) is 6.04 Å². The van der Waals surface area contributed by atoms with Crippen LogP contribution in [0.3, 0.4) is 0 Å². The number of nitrogens with zero attached hydrogens (tertiary/aromatic N) is 3. The average Bonchev–Trinajstić information content (AvgIpc) is 2.79. The molecular formula is C26H33N3. The summed E-state index contributed by atoms with van der Waals surface area (Å²) in [5.74, 6) is 7.13. The SMILES string of the molecule is Cc1ccc(C(C#Cc2ccccc2)N(N2CCCCC2)N2CCCCC2)cc1. The van der Waals surface area contributed by atoms with Crippen LogP contribution >= 0.6 is 0 Å². The van der Waals surface area contributed by atoms with Crippen molar-refractivity contribution in [3.63, 3.8) is 0 Å². The fourth-order valence-electron chi connectivity index (χ4n) is 4.37. The number of hydrogen-bond acceptors (Lipinski definition) is 3. The van der Waals surface area contributed by atoms with Gasteiger partial charge < -0.3 is 0 Å². The first-order chi connectivity index (χ1) is 14.3. The second kappa shape index (κ2) is 10.1. The zero-order chi connectivity index (χ0) is 19.9. The third kappa shape index (κ3) is 5.28. The first-order valence-corrected chi connectivity index (χ1v) is 11.2.